The molecule has 9 heteroatoms. The van der Waals surface area contributed by atoms with Gasteiger partial charge >= 0.3 is 0 Å². The normalized spacial score (nSPS) is 28.3. The van der Waals surface area contributed by atoms with Crippen LogP contribution in [0.3, 0.4) is 0 Å². The molecule has 0 bridgehead atoms. The second-order valence-corrected chi connectivity index (χ2v) is 8.32. The number of nitrogens with one attached hydrogen (secondary N) is 1. The summed E-state index contributed by atoms with van der Waals surface area (Å²) in [4.78, 5) is 11.9. The van der Waals surface area contributed by atoms with Gasteiger partial charge in [0.25, 0.3) is 5.91 Å². The molecule has 0 aliphatic carbocycles. The van der Waals surface area contributed by atoms with Crippen LogP contribution in [0.15, 0.2) is 0 Å². The maximum Gasteiger partial charge on any atom is 0.266 e. The third-order valence-corrected chi connectivity index (χ3v) is 7.62. The molecule has 2 N–H and O–H groups in total. The Balaban J connectivity index is 3.25. The van der Waals surface area contributed by atoms with E-state index in [4.69, 9.17) is 5.21 Å². The molecule has 1 rings (SSSR count). The van der Waals surface area contributed by atoms with E-state index in [2.05, 4.69) is 0 Å². The first-order valence-corrected chi connectivity index (χ1v) is 9.07. The van der Waals surface area contributed by atoms with Gasteiger partial charge in [0.15, 0.2) is 4.75 Å². The maximum absolute atomic E-state index is 12.6. The third kappa shape index (κ3) is 2.83. The second kappa shape index (κ2) is 6.29. The number of hydroxylamine groups is 1. The molecule has 0 aromatic heterocycles. The molecule has 0 aromatic rings. The van der Waals surface area contributed by atoms with E-state index in [9.17, 15) is 17.4 Å². The Kier molecular flexibility index (Phi) is 5.48. The number of nitrogens with zero attached hydrogens (tertiary/aromatic N) is 1. The van der Waals surface area contributed by atoms with Gasteiger partial charge in [-0.25, -0.2) is 18.2 Å². The molecule has 7 nitrogen and oxygen atoms in total. The topological polar surface area (TPSA) is 104 Å². The van der Waals surface area contributed by atoms with Gasteiger partial charge in [-0.1, -0.05) is 13.8 Å². The van der Waals surface area contributed by atoms with Crippen LogP contribution in [-0.2, 0) is 25.6 Å². The zero-order valence-corrected chi connectivity index (χ0v) is 12.7. The Hall–Kier alpha value is -0.510. The van der Waals surface area contributed by atoms with Gasteiger partial charge in [-0.3, -0.25) is 14.2 Å². The highest BCUT2D eigenvalue weighted by molar-refractivity contribution is 7.91. The SMILES string of the molecule is CCN(CC)S(=O)(=O)C1(C(=O)NO)CCS(=O)CC1. The van der Waals surface area contributed by atoms with Crippen LogP contribution in [0.1, 0.15) is 26.7 Å². The highest BCUT2D eigenvalue weighted by Gasteiger charge is 2.54. The standard InChI is InChI=1S/C10H20N2O5S2/c1-3-12(4-2)19(16,17)10(9(13)11-14)5-7-18(15)8-6-10/h14H,3-8H2,1-2H3,(H,11,13). The van der Waals surface area contributed by atoms with E-state index in [1.165, 1.54) is 9.79 Å². The minimum atomic E-state index is -3.89. The minimum Gasteiger partial charge on any atom is -0.289 e. The quantitative estimate of drug-likeness (QED) is 0.523. The average Bonchev–Trinajstić information content (AvgIpc) is 2.39. The molecular formula is C10H20N2O5S2. The fraction of sp³-hybridized carbons (Fsp3) is 0.900. The van der Waals surface area contributed by atoms with Gasteiger partial charge in [0.1, 0.15) is 0 Å². The Labute approximate surface area is 115 Å². The summed E-state index contributed by atoms with van der Waals surface area (Å²) in [6, 6.07) is 0. The summed E-state index contributed by atoms with van der Waals surface area (Å²) in [5, 5.41) is 8.85. The first-order valence-electron chi connectivity index (χ1n) is 6.15. The number of hydrogen-bond donors (Lipinski definition) is 2. The molecule has 0 atom stereocenters. The number of rotatable bonds is 5. The highest BCUT2D eigenvalue weighted by atomic mass is 32.2. The van der Waals surface area contributed by atoms with Crippen molar-refractivity contribution in [1.82, 2.24) is 9.79 Å². The molecule has 0 spiro atoms. The Morgan fingerprint density at radius 3 is 2.16 bits per heavy atom. The van der Waals surface area contributed by atoms with Crippen LogP contribution in [0.25, 0.3) is 0 Å². The molecule has 112 valence electrons. The summed E-state index contributed by atoms with van der Waals surface area (Å²) in [7, 11) is -5.00. The summed E-state index contributed by atoms with van der Waals surface area (Å²) >= 11 is 0. The van der Waals surface area contributed by atoms with E-state index in [0.29, 0.717) is 0 Å². The lowest BCUT2D eigenvalue weighted by Crippen LogP contribution is -2.59. The molecule has 0 aromatic carbocycles. The zero-order valence-electron chi connectivity index (χ0n) is 11.1. The van der Waals surface area contributed by atoms with Crippen molar-refractivity contribution < 1.29 is 22.6 Å². The van der Waals surface area contributed by atoms with Crippen molar-refractivity contribution in [2.24, 2.45) is 0 Å². The van der Waals surface area contributed by atoms with Crippen molar-refractivity contribution in [3.63, 3.8) is 0 Å². The van der Waals surface area contributed by atoms with Crippen LogP contribution in [0.4, 0.5) is 0 Å². The smallest absolute Gasteiger partial charge is 0.266 e. The Bertz CT molecular complexity index is 449. The summed E-state index contributed by atoms with van der Waals surface area (Å²) < 4.78 is 36.2. The van der Waals surface area contributed by atoms with Crippen LogP contribution in [0.5, 0.6) is 0 Å². The van der Waals surface area contributed by atoms with Gasteiger partial charge in [-0.05, 0) is 12.8 Å². The van der Waals surface area contributed by atoms with Gasteiger partial charge in [-0.2, -0.15) is 0 Å². The number of amides is 1. The first-order chi connectivity index (χ1) is 8.85. The van der Waals surface area contributed by atoms with Gasteiger partial charge in [0.2, 0.25) is 10.0 Å². The summed E-state index contributed by atoms with van der Waals surface area (Å²) in [5.41, 5.74) is 1.46. The first kappa shape index (κ1) is 16.5. The van der Waals surface area contributed by atoms with Crippen LogP contribution < -0.4 is 5.48 Å². The van der Waals surface area contributed by atoms with Crippen molar-refractivity contribution in [3.8, 4) is 0 Å². The van der Waals surface area contributed by atoms with Crippen molar-refractivity contribution in [2.75, 3.05) is 24.6 Å². The predicted octanol–water partition coefficient (Wildman–Crippen LogP) is -0.555. The van der Waals surface area contributed by atoms with Crippen LogP contribution in [0, 0.1) is 0 Å². The van der Waals surface area contributed by atoms with E-state index in [1.54, 1.807) is 13.8 Å². The average molecular weight is 312 g/mol. The lowest BCUT2D eigenvalue weighted by Gasteiger charge is -2.37. The molecule has 19 heavy (non-hydrogen) atoms. The number of carbonyl (C=O) groups is 1. The minimum absolute atomic E-state index is 0.0369. The molecule has 1 fully saturated rings. The molecule has 1 aliphatic heterocycles. The van der Waals surface area contributed by atoms with Crippen molar-refractivity contribution in [2.45, 2.75) is 31.4 Å². The molecule has 0 radical (unpaired) electrons. The molecule has 1 aliphatic rings. The predicted molar refractivity (Wildman–Crippen MR) is 71.6 cm³/mol. The highest BCUT2D eigenvalue weighted by Crippen LogP contribution is 2.33. The van der Waals surface area contributed by atoms with Gasteiger partial charge in [0, 0.05) is 35.4 Å². The van der Waals surface area contributed by atoms with Crippen molar-refractivity contribution in [1.29, 1.82) is 0 Å². The van der Waals surface area contributed by atoms with Crippen LogP contribution >= 0.6 is 0 Å². The maximum atomic E-state index is 12.6. The lowest BCUT2D eigenvalue weighted by molar-refractivity contribution is -0.132. The zero-order chi connectivity index (χ0) is 14.7. The Morgan fingerprint density at radius 2 is 1.79 bits per heavy atom. The third-order valence-electron chi connectivity index (χ3n) is 3.52. The molecule has 1 saturated heterocycles. The number of hydrogen-bond acceptors (Lipinski definition) is 5. The second-order valence-electron chi connectivity index (χ2n) is 4.37. The van der Waals surface area contributed by atoms with Crippen molar-refractivity contribution in [3.05, 3.63) is 0 Å². The number of carbonyl (C=O) groups excluding carboxylic acids is 1. The molecule has 1 heterocycles. The van der Waals surface area contributed by atoms with Crippen molar-refractivity contribution >= 4 is 26.7 Å². The van der Waals surface area contributed by atoms with E-state index in [1.807, 2.05) is 0 Å². The van der Waals surface area contributed by atoms with E-state index >= 15 is 0 Å². The van der Waals surface area contributed by atoms with Gasteiger partial charge < -0.3 is 0 Å². The molecule has 0 unspecified atom stereocenters. The summed E-state index contributed by atoms with van der Waals surface area (Å²) in [6.07, 6.45) is -0.0737. The van der Waals surface area contributed by atoms with E-state index in [-0.39, 0.29) is 37.4 Å². The largest absolute Gasteiger partial charge is 0.289 e. The molecule has 0 saturated carbocycles. The fourth-order valence-corrected chi connectivity index (χ4v) is 6.09. The van der Waals surface area contributed by atoms with E-state index in [0.717, 1.165) is 0 Å². The van der Waals surface area contributed by atoms with Crippen LogP contribution in [-0.4, -0.2) is 57.4 Å². The Morgan fingerprint density at radius 1 is 1.32 bits per heavy atom. The van der Waals surface area contributed by atoms with Gasteiger partial charge in [-0.15, -0.1) is 0 Å². The van der Waals surface area contributed by atoms with Gasteiger partial charge in [0.05, 0.1) is 0 Å². The number of sulfonamides is 1. The lowest BCUT2D eigenvalue weighted by atomic mass is 10.0. The summed E-state index contributed by atoms with van der Waals surface area (Å²) in [5.74, 6) is -0.641. The fourth-order valence-electron chi connectivity index (χ4n) is 2.30. The summed E-state index contributed by atoms with van der Waals surface area (Å²) in [6.45, 7) is 3.88. The molecular weight excluding hydrogens is 292 g/mol. The van der Waals surface area contributed by atoms with Crippen LogP contribution in [0.2, 0.25) is 0 Å². The van der Waals surface area contributed by atoms with E-state index < -0.39 is 31.5 Å². The monoisotopic (exact) mass is 312 g/mol. The molecule has 1 amide bonds.